The molecule has 3 aliphatic rings. The SMILES string of the molecule is CC[C@H](C)[C@H]1NC2(CCN(C(=O)Nc3cccc(F)c3)CC2)N(Cc2ccc3c(c2)OCO3)C1=O. The molecule has 8 nitrogen and oxygen atoms in total. The fourth-order valence-electron chi connectivity index (χ4n) is 5.14. The molecular weight excluding hydrogens is 451 g/mol. The first-order valence-corrected chi connectivity index (χ1v) is 12.2. The third-order valence-electron chi connectivity index (χ3n) is 7.42. The largest absolute Gasteiger partial charge is 0.454 e. The predicted octanol–water partition coefficient (Wildman–Crippen LogP) is 3.93. The van der Waals surface area contributed by atoms with Gasteiger partial charge >= 0.3 is 6.03 Å². The second-order valence-corrected chi connectivity index (χ2v) is 9.58. The molecule has 0 radical (unpaired) electrons. The standard InChI is InChI=1S/C26H31FN4O4/c1-3-17(2)23-24(32)31(15-18-7-8-21-22(13-18)35-16-34-21)26(29-23)9-11-30(12-10-26)25(33)28-20-6-4-5-19(27)14-20/h4-8,13-14,17,23,29H,3,9-12,15-16H2,1-2H3,(H,28,33)/t17-,23+/m0/s1. The number of hydrogen-bond donors (Lipinski definition) is 2. The van der Waals surface area contributed by atoms with E-state index in [2.05, 4.69) is 24.5 Å². The summed E-state index contributed by atoms with van der Waals surface area (Å²) in [5, 5.41) is 6.43. The molecule has 0 aliphatic carbocycles. The normalized spacial score (nSPS) is 21.5. The zero-order valence-corrected chi connectivity index (χ0v) is 20.1. The molecule has 2 N–H and O–H groups in total. The van der Waals surface area contributed by atoms with Gasteiger partial charge in [0.1, 0.15) is 5.82 Å². The number of fused-ring (bicyclic) bond motifs is 1. The highest BCUT2D eigenvalue weighted by atomic mass is 19.1. The zero-order chi connectivity index (χ0) is 24.6. The van der Waals surface area contributed by atoms with Crippen LogP contribution in [0.4, 0.5) is 14.9 Å². The summed E-state index contributed by atoms with van der Waals surface area (Å²) < 4.78 is 24.4. The van der Waals surface area contributed by atoms with E-state index in [1.54, 1.807) is 17.0 Å². The first-order chi connectivity index (χ1) is 16.9. The Morgan fingerprint density at radius 2 is 1.97 bits per heavy atom. The summed E-state index contributed by atoms with van der Waals surface area (Å²) in [6.45, 7) is 5.79. The quantitative estimate of drug-likeness (QED) is 0.675. The van der Waals surface area contributed by atoms with Crippen LogP contribution >= 0.6 is 0 Å². The lowest BCUT2D eigenvalue weighted by Crippen LogP contribution is -2.59. The summed E-state index contributed by atoms with van der Waals surface area (Å²) in [4.78, 5) is 30.1. The first kappa shape index (κ1) is 23.4. The minimum absolute atomic E-state index is 0.0923. The van der Waals surface area contributed by atoms with Crippen LogP contribution in [0, 0.1) is 11.7 Å². The average molecular weight is 483 g/mol. The van der Waals surface area contributed by atoms with Crippen LogP contribution < -0.4 is 20.1 Å². The van der Waals surface area contributed by atoms with E-state index in [1.165, 1.54) is 12.1 Å². The van der Waals surface area contributed by atoms with Gasteiger partial charge in [-0.3, -0.25) is 10.1 Å². The fourth-order valence-corrected chi connectivity index (χ4v) is 5.14. The number of urea groups is 1. The van der Waals surface area contributed by atoms with E-state index in [4.69, 9.17) is 9.47 Å². The third-order valence-corrected chi connectivity index (χ3v) is 7.42. The van der Waals surface area contributed by atoms with Crippen LogP contribution in [0.1, 0.15) is 38.7 Å². The molecule has 2 atom stereocenters. The average Bonchev–Trinajstić information content (AvgIpc) is 3.42. The number of hydrogen-bond acceptors (Lipinski definition) is 5. The molecule has 2 aromatic carbocycles. The van der Waals surface area contributed by atoms with Crippen LogP contribution in [0.2, 0.25) is 0 Å². The molecule has 2 fully saturated rings. The molecule has 186 valence electrons. The Bertz CT molecular complexity index is 1120. The predicted molar refractivity (Wildman–Crippen MR) is 128 cm³/mol. The lowest BCUT2D eigenvalue weighted by atomic mass is 9.95. The van der Waals surface area contributed by atoms with Crippen LogP contribution in [0.25, 0.3) is 0 Å². The van der Waals surface area contributed by atoms with E-state index in [0.29, 0.717) is 49.7 Å². The monoisotopic (exact) mass is 482 g/mol. The molecule has 5 rings (SSSR count). The van der Waals surface area contributed by atoms with Gasteiger partial charge in [-0.1, -0.05) is 32.4 Å². The van der Waals surface area contributed by atoms with E-state index in [9.17, 15) is 14.0 Å². The number of carbonyl (C=O) groups is 2. The number of likely N-dealkylation sites (tertiary alicyclic amines) is 1. The maximum Gasteiger partial charge on any atom is 0.321 e. The van der Waals surface area contributed by atoms with Crippen molar-refractivity contribution in [3.8, 4) is 11.5 Å². The Hall–Kier alpha value is -3.33. The van der Waals surface area contributed by atoms with Gasteiger partial charge in [0.15, 0.2) is 11.5 Å². The summed E-state index contributed by atoms with van der Waals surface area (Å²) in [6.07, 6.45) is 2.10. The minimum Gasteiger partial charge on any atom is -0.454 e. The number of piperidine rings is 1. The Morgan fingerprint density at radius 1 is 1.20 bits per heavy atom. The number of carbonyl (C=O) groups excluding carboxylic acids is 2. The molecule has 0 saturated carbocycles. The van der Waals surface area contributed by atoms with Crippen molar-refractivity contribution in [2.75, 3.05) is 25.2 Å². The van der Waals surface area contributed by atoms with Gasteiger partial charge in [0.2, 0.25) is 12.7 Å². The number of nitrogens with zero attached hydrogens (tertiary/aromatic N) is 2. The van der Waals surface area contributed by atoms with Gasteiger partial charge in [0.25, 0.3) is 0 Å². The van der Waals surface area contributed by atoms with Crippen molar-refractivity contribution < 1.29 is 23.5 Å². The fraction of sp³-hybridized carbons (Fsp3) is 0.462. The van der Waals surface area contributed by atoms with E-state index in [0.717, 1.165) is 12.0 Å². The lowest BCUT2D eigenvalue weighted by Gasteiger charge is -2.44. The molecular formula is C26H31FN4O4. The van der Waals surface area contributed by atoms with Gasteiger partial charge in [-0.25, -0.2) is 9.18 Å². The van der Waals surface area contributed by atoms with Crippen molar-refractivity contribution in [1.29, 1.82) is 0 Å². The van der Waals surface area contributed by atoms with Crippen molar-refractivity contribution in [2.45, 2.75) is 51.4 Å². The van der Waals surface area contributed by atoms with Crippen molar-refractivity contribution in [3.63, 3.8) is 0 Å². The Morgan fingerprint density at radius 3 is 2.71 bits per heavy atom. The van der Waals surface area contributed by atoms with Crippen LogP contribution in [0.15, 0.2) is 42.5 Å². The molecule has 3 aliphatic heterocycles. The number of ether oxygens (including phenoxy) is 2. The summed E-state index contributed by atoms with van der Waals surface area (Å²) in [6, 6.07) is 11.1. The van der Waals surface area contributed by atoms with Gasteiger partial charge in [-0.2, -0.15) is 0 Å². The number of amides is 3. The highest BCUT2D eigenvalue weighted by Crippen LogP contribution is 2.38. The maximum absolute atomic E-state index is 13.6. The van der Waals surface area contributed by atoms with Crippen molar-refractivity contribution >= 4 is 17.6 Å². The molecule has 2 saturated heterocycles. The Labute approximate surface area is 204 Å². The van der Waals surface area contributed by atoms with E-state index in [-0.39, 0.29) is 30.7 Å². The van der Waals surface area contributed by atoms with E-state index < -0.39 is 11.5 Å². The number of anilines is 1. The van der Waals surface area contributed by atoms with Crippen LogP contribution in [0.3, 0.4) is 0 Å². The molecule has 3 amide bonds. The van der Waals surface area contributed by atoms with Crippen molar-refractivity contribution in [1.82, 2.24) is 15.1 Å². The number of benzene rings is 2. The Kier molecular flexibility index (Phi) is 6.27. The zero-order valence-electron chi connectivity index (χ0n) is 20.1. The van der Waals surface area contributed by atoms with Crippen LogP contribution in [-0.2, 0) is 11.3 Å². The molecule has 0 aromatic heterocycles. The Balaban J connectivity index is 1.32. The van der Waals surface area contributed by atoms with Gasteiger partial charge < -0.3 is 24.6 Å². The van der Waals surface area contributed by atoms with E-state index >= 15 is 0 Å². The topological polar surface area (TPSA) is 83.1 Å². The second kappa shape index (κ2) is 9.37. The van der Waals surface area contributed by atoms with Gasteiger partial charge in [0, 0.05) is 38.2 Å². The molecule has 2 aromatic rings. The van der Waals surface area contributed by atoms with Crippen molar-refractivity contribution in [2.24, 2.45) is 5.92 Å². The molecule has 35 heavy (non-hydrogen) atoms. The van der Waals surface area contributed by atoms with Gasteiger partial charge in [-0.15, -0.1) is 0 Å². The second-order valence-electron chi connectivity index (χ2n) is 9.58. The summed E-state index contributed by atoms with van der Waals surface area (Å²) >= 11 is 0. The highest BCUT2D eigenvalue weighted by molar-refractivity contribution is 5.89. The summed E-state index contributed by atoms with van der Waals surface area (Å²) in [7, 11) is 0. The molecule has 0 unspecified atom stereocenters. The van der Waals surface area contributed by atoms with Crippen molar-refractivity contribution in [3.05, 3.63) is 53.8 Å². The lowest BCUT2D eigenvalue weighted by molar-refractivity contribution is -0.134. The number of rotatable bonds is 5. The first-order valence-electron chi connectivity index (χ1n) is 12.2. The molecule has 1 spiro atoms. The minimum atomic E-state index is -0.531. The van der Waals surface area contributed by atoms with E-state index in [1.807, 2.05) is 23.1 Å². The van der Waals surface area contributed by atoms with Gasteiger partial charge in [0.05, 0.1) is 11.7 Å². The highest BCUT2D eigenvalue weighted by Gasteiger charge is 2.52. The smallest absolute Gasteiger partial charge is 0.321 e. The molecule has 3 heterocycles. The van der Waals surface area contributed by atoms with Crippen LogP contribution in [-0.4, -0.2) is 53.3 Å². The molecule has 0 bridgehead atoms. The number of nitrogens with one attached hydrogen (secondary N) is 2. The van der Waals surface area contributed by atoms with Gasteiger partial charge in [-0.05, 0) is 41.8 Å². The van der Waals surface area contributed by atoms with Crippen LogP contribution in [0.5, 0.6) is 11.5 Å². The summed E-state index contributed by atoms with van der Waals surface area (Å²) in [5.74, 6) is 1.29. The number of halogens is 1. The third kappa shape index (κ3) is 4.52. The summed E-state index contributed by atoms with van der Waals surface area (Å²) in [5.41, 5.74) is 0.863. The molecule has 9 heteroatoms. The maximum atomic E-state index is 13.6.